The van der Waals surface area contributed by atoms with E-state index in [-0.39, 0.29) is 5.91 Å². The van der Waals surface area contributed by atoms with Crippen LogP contribution in [0.4, 0.5) is 0 Å². The summed E-state index contributed by atoms with van der Waals surface area (Å²) in [5.74, 6) is 0.458. The van der Waals surface area contributed by atoms with Crippen LogP contribution in [-0.2, 0) is 4.74 Å². The van der Waals surface area contributed by atoms with Gasteiger partial charge in [-0.25, -0.2) is 4.98 Å². The molecule has 1 aliphatic rings. The Morgan fingerprint density at radius 2 is 2.26 bits per heavy atom. The highest BCUT2D eigenvalue weighted by molar-refractivity contribution is 5.92. The molecule has 0 aliphatic carbocycles. The molecule has 1 aromatic rings. The predicted molar refractivity (Wildman–Crippen MR) is 69.4 cm³/mol. The second-order valence-electron chi connectivity index (χ2n) is 4.64. The summed E-state index contributed by atoms with van der Waals surface area (Å²) < 4.78 is 5.29. The first-order valence-electron chi connectivity index (χ1n) is 6.51. The summed E-state index contributed by atoms with van der Waals surface area (Å²) in [6.07, 6.45) is 4.54. The van der Waals surface area contributed by atoms with E-state index in [4.69, 9.17) is 10.00 Å². The zero-order valence-electron chi connectivity index (χ0n) is 10.8. The molecule has 2 rings (SSSR count). The van der Waals surface area contributed by atoms with E-state index in [9.17, 15) is 4.79 Å². The number of carbonyl (C=O) groups is 1. The molecule has 100 valence electrons. The van der Waals surface area contributed by atoms with E-state index in [1.54, 1.807) is 12.1 Å². The number of pyridine rings is 1. The maximum atomic E-state index is 11.8. The van der Waals surface area contributed by atoms with Crippen LogP contribution in [0, 0.1) is 17.2 Å². The number of nitrogens with one attached hydrogen (secondary N) is 1. The normalized spacial score (nSPS) is 15.7. The van der Waals surface area contributed by atoms with Gasteiger partial charge in [0.05, 0.1) is 5.56 Å². The van der Waals surface area contributed by atoms with Gasteiger partial charge in [0.1, 0.15) is 11.8 Å². The topological polar surface area (TPSA) is 75.0 Å². The number of nitriles is 1. The van der Waals surface area contributed by atoms with Crippen molar-refractivity contribution in [2.45, 2.75) is 19.3 Å². The zero-order valence-corrected chi connectivity index (χ0v) is 10.8. The Morgan fingerprint density at radius 3 is 2.89 bits per heavy atom. The van der Waals surface area contributed by atoms with Gasteiger partial charge in [-0.2, -0.15) is 5.26 Å². The number of ether oxygens (including phenoxy) is 1. The fraction of sp³-hybridized carbons (Fsp3) is 0.500. The van der Waals surface area contributed by atoms with E-state index in [1.807, 2.05) is 6.07 Å². The van der Waals surface area contributed by atoms with Crippen LogP contribution in [0.2, 0.25) is 0 Å². The summed E-state index contributed by atoms with van der Waals surface area (Å²) in [4.78, 5) is 15.8. The molecule has 1 N–H and O–H groups in total. The van der Waals surface area contributed by atoms with Crippen molar-refractivity contribution in [2.75, 3.05) is 19.8 Å². The minimum absolute atomic E-state index is 0.184. The van der Waals surface area contributed by atoms with Crippen molar-refractivity contribution in [2.24, 2.45) is 5.92 Å². The van der Waals surface area contributed by atoms with E-state index >= 15 is 0 Å². The molecule has 1 amide bonds. The first kappa shape index (κ1) is 13.5. The Balaban J connectivity index is 1.75. The molecule has 0 radical (unpaired) electrons. The molecule has 0 unspecified atom stereocenters. The Bertz CT molecular complexity index is 459. The zero-order chi connectivity index (χ0) is 13.5. The standard InChI is InChI=1S/C14H17N3O2/c15-9-12-1-2-13(17-10-12)14(18)16-6-3-11-4-7-19-8-5-11/h1-2,10-11H,3-8H2,(H,16,18). The van der Waals surface area contributed by atoms with Crippen LogP contribution in [0.15, 0.2) is 18.3 Å². The van der Waals surface area contributed by atoms with Crippen molar-refractivity contribution in [3.63, 3.8) is 0 Å². The lowest BCUT2D eigenvalue weighted by atomic mass is 9.97. The third-order valence-electron chi connectivity index (χ3n) is 3.30. The number of hydrogen-bond donors (Lipinski definition) is 1. The molecule has 0 bridgehead atoms. The third-order valence-corrected chi connectivity index (χ3v) is 3.30. The lowest BCUT2D eigenvalue weighted by Crippen LogP contribution is -2.28. The summed E-state index contributed by atoms with van der Waals surface area (Å²) in [7, 11) is 0. The smallest absolute Gasteiger partial charge is 0.269 e. The van der Waals surface area contributed by atoms with E-state index in [2.05, 4.69) is 10.3 Å². The Hall–Kier alpha value is -1.93. The molecule has 5 heteroatoms. The number of rotatable bonds is 4. The lowest BCUT2D eigenvalue weighted by Gasteiger charge is -2.21. The van der Waals surface area contributed by atoms with Crippen LogP contribution in [0.5, 0.6) is 0 Å². The van der Waals surface area contributed by atoms with Crippen LogP contribution in [0.25, 0.3) is 0 Å². The average Bonchev–Trinajstić information content (AvgIpc) is 2.48. The van der Waals surface area contributed by atoms with Crippen LogP contribution in [-0.4, -0.2) is 30.6 Å². The van der Waals surface area contributed by atoms with Crippen molar-refractivity contribution in [1.29, 1.82) is 5.26 Å². The fourth-order valence-electron chi connectivity index (χ4n) is 2.11. The number of aromatic nitrogens is 1. The fourth-order valence-corrected chi connectivity index (χ4v) is 2.11. The largest absolute Gasteiger partial charge is 0.381 e. The van der Waals surface area contributed by atoms with Crippen molar-refractivity contribution in [3.8, 4) is 6.07 Å². The van der Waals surface area contributed by atoms with Gasteiger partial charge in [0.25, 0.3) is 5.91 Å². The maximum Gasteiger partial charge on any atom is 0.269 e. The minimum atomic E-state index is -0.184. The third kappa shape index (κ3) is 4.04. The molecule has 0 aromatic carbocycles. The molecule has 1 fully saturated rings. The average molecular weight is 259 g/mol. The number of hydrogen-bond acceptors (Lipinski definition) is 4. The first-order valence-corrected chi connectivity index (χ1v) is 6.51. The monoisotopic (exact) mass is 259 g/mol. The highest BCUT2D eigenvalue weighted by Crippen LogP contribution is 2.17. The summed E-state index contributed by atoms with van der Waals surface area (Å²) in [5.41, 5.74) is 0.810. The number of amides is 1. The molecule has 0 saturated carbocycles. The van der Waals surface area contributed by atoms with Crippen LogP contribution < -0.4 is 5.32 Å². The van der Waals surface area contributed by atoms with E-state index < -0.39 is 0 Å². The lowest BCUT2D eigenvalue weighted by molar-refractivity contribution is 0.0636. The highest BCUT2D eigenvalue weighted by atomic mass is 16.5. The Morgan fingerprint density at radius 1 is 1.47 bits per heavy atom. The van der Waals surface area contributed by atoms with Crippen LogP contribution >= 0.6 is 0 Å². The maximum absolute atomic E-state index is 11.8. The Labute approximate surface area is 112 Å². The first-order chi connectivity index (χ1) is 9.29. The van der Waals surface area contributed by atoms with Crippen LogP contribution in [0.1, 0.15) is 35.3 Å². The van der Waals surface area contributed by atoms with Gasteiger partial charge >= 0.3 is 0 Å². The van der Waals surface area contributed by atoms with Gasteiger partial charge in [0, 0.05) is 26.0 Å². The van der Waals surface area contributed by atoms with Gasteiger partial charge < -0.3 is 10.1 Å². The Kier molecular flexibility index (Phi) is 4.87. The van der Waals surface area contributed by atoms with Gasteiger partial charge in [-0.1, -0.05) is 0 Å². The molecule has 1 aromatic heterocycles. The molecule has 5 nitrogen and oxygen atoms in total. The molecule has 19 heavy (non-hydrogen) atoms. The predicted octanol–water partition coefficient (Wildman–Crippen LogP) is 1.50. The van der Waals surface area contributed by atoms with Crippen molar-refractivity contribution < 1.29 is 9.53 Å². The van der Waals surface area contributed by atoms with Gasteiger partial charge in [0.15, 0.2) is 0 Å². The second-order valence-corrected chi connectivity index (χ2v) is 4.64. The number of nitrogens with zero attached hydrogens (tertiary/aromatic N) is 2. The van der Waals surface area contributed by atoms with Crippen LogP contribution in [0.3, 0.4) is 0 Å². The molecule has 2 heterocycles. The molecule has 0 atom stereocenters. The minimum Gasteiger partial charge on any atom is -0.381 e. The number of carbonyl (C=O) groups excluding carboxylic acids is 1. The van der Waals surface area contributed by atoms with Gasteiger partial charge in [0.2, 0.25) is 0 Å². The summed E-state index contributed by atoms with van der Waals surface area (Å²) in [6.45, 7) is 2.32. The second kappa shape index (κ2) is 6.86. The summed E-state index contributed by atoms with van der Waals surface area (Å²) in [6, 6.07) is 5.14. The van der Waals surface area contributed by atoms with E-state index in [1.165, 1.54) is 6.20 Å². The van der Waals surface area contributed by atoms with Crippen molar-refractivity contribution in [3.05, 3.63) is 29.6 Å². The molecular formula is C14H17N3O2. The van der Waals surface area contributed by atoms with Gasteiger partial charge in [-0.05, 0) is 37.3 Å². The summed E-state index contributed by atoms with van der Waals surface area (Å²) in [5, 5.41) is 11.5. The highest BCUT2D eigenvalue weighted by Gasteiger charge is 2.14. The van der Waals surface area contributed by atoms with Crippen molar-refractivity contribution >= 4 is 5.91 Å². The van der Waals surface area contributed by atoms with Gasteiger partial charge in [-0.15, -0.1) is 0 Å². The van der Waals surface area contributed by atoms with E-state index in [0.717, 1.165) is 32.5 Å². The summed E-state index contributed by atoms with van der Waals surface area (Å²) >= 11 is 0. The van der Waals surface area contributed by atoms with Crippen molar-refractivity contribution in [1.82, 2.24) is 10.3 Å². The molecule has 1 saturated heterocycles. The van der Waals surface area contributed by atoms with Gasteiger partial charge in [-0.3, -0.25) is 4.79 Å². The SMILES string of the molecule is N#Cc1ccc(C(=O)NCCC2CCOCC2)nc1. The molecule has 0 spiro atoms. The quantitative estimate of drug-likeness (QED) is 0.889. The molecule has 1 aliphatic heterocycles. The molecular weight excluding hydrogens is 242 g/mol. The van der Waals surface area contributed by atoms with E-state index in [0.29, 0.717) is 23.7 Å².